The molecule has 0 aromatic rings. The van der Waals surface area contributed by atoms with E-state index in [0.29, 0.717) is 12.6 Å². The molecule has 17 heavy (non-hydrogen) atoms. The third-order valence-electron chi connectivity index (χ3n) is 3.32. The van der Waals surface area contributed by atoms with Crippen molar-refractivity contribution in [1.29, 1.82) is 0 Å². The number of rotatable bonds is 5. The molecule has 98 valence electrons. The van der Waals surface area contributed by atoms with Gasteiger partial charge in [-0.15, -0.1) is 0 Å². The topological polar surface area (TPSA) is 38.3 Å². The van der Waals surface area contributed by atoms with Crippen molar-refractivity contribution in [2.24, 2.45) is 5.92 Å². The van der Waals surface area contributed by atoms with Crippen molar-refractivity contribution >= 4 is 5.97 Å². The van der Waals surface area contributed by atoms with Gasteiger partial charge in [0.25, 0.3) is 0 Å². The summed E-state index contributed by atoms with van der Waals surface area (Å²) in [5.41, 5.74) is 0. The van der Waals surface area contributed by atoms with Gasteiger partial charge in [0.1, 0.15) is 0 Å². The van der Waals surface area contributed by atoms with Gasteiger partial charge in [-0.3, -0.25) is 0 Å². The first-order valence-corrected chi connectivity index (χ1v) is 6.79. The lowest BCUT2D eigenvalue weighted by molar-refractivity contribution is -0.137. The Bertz CT molecular complexity index is 251. The van der Waals surface area contributed by atoms with E-state index in [1.165, 1.54) is 38.2 Å². The summed E-state index contributed by atoms with van der Waals surface area (Å²) in [4.78, 5) is 11.1. The normalized spacial score (nSPS) is 25.8. The van der Waals surface area contributed by atoms with Crippen molar-refractivity contribution in [2.75, 3.05) is 13.2 Å². The van der Waals surface area contributed by atoms with Crippen molar-refractivity contribution in [3.8, 4) is 0 Å². The van der Waals surface area contributed by atoms with Crippen LogP contribution in [0.3, 0.4) is 0 Å². The highest BCUT2D eigenvalue weighted by atomic mass is 16.5. The van der Waals surface area contributed by atoms with Gasteiger partial charge in [0.15, 0.2) is 0 Å². The molecule has 1 aliphatic rings. The molecule has 1 aliphatic carbocycles. The fourth-order valence-corrected chi connectivity index (χ4v) is 2.27. The van der Waals surface area contributed by atoms with Crippen molar-refractivity contribution in [3.63, 3.8) is 0 Å². The van der Waals surface area contributed by atoms with Gasteiger partial charge in [-0.05, 0) is 32.1 Å². The van der Waals surface area contributed by atoms with Crippen molar-refractivity contribution in [3.05, 3.63) is 12.2 Å². The number of hydrogen-bond acceptors (Lipinski definition) is 3. The van der Waals surface area contributed by atoms with Crippen LogP contribution in [0.15, 0.2) is 12.2 Å². The predicted molar refractivity (Wildman–Crippen MR) is 69.8 cm³/mol. The molecule has 2 atom stereocenters. The van der Waals surface area contributed by atoms with E-state index < -0.39 is 0 Å². The van der Waals surface area contributed by atoms with E-state index in [9.17, 15) is 4.79 Å². The molecule has 1 rings (SSSR count). The zero-order valence-electron chi connectivity index (χ0n) is 11.1. The minimum Gasteiger partial charge on any atom is -0.463 e. The number of esters is 1. The summed E-state index contributed by atoms with van der Waals surface area (Å²) in [7, 11) is 0. The number of carbonyl (C=O) groups is 1. The summed E-state index contributed by atoms with van der Waals surface area (Å²) in [6, 6.07) is 0.617. The summed E-state index contributed by atoms with van der Waals surface area (Å²) in [6.07, 6.45) is 9.88. The van der Waals surface area contributed by atoms with Crippen LogP contribution in [0.25, 0.3) is 0 Å². The third-order valence-corrected chi connectivity index (χ3v) is 3.32. The molecular weight excluding hydrogens is 214 g/mol. The van der Waals surface area contributed by atoms with Crippen LogP contribution in [0.1, 0.15) is 46.0 Å². The Labute approximate surface area is 105 Å². The highest BCUT2D eigenvalue weighted by molar-refractivity contribution is 5.81. The van der Waals surface area contributed by atoms with Crippen LogP contribution in [0, 0.1) is 5.92 Å². The Morgan fingerprint density at radius 1 is 1.35 bits per heavy atom. The minimum absolute atomic E-state index is 0.246. The maximum Gasteiger partial charge on any atom is 0.330 e. The fourth-order valence-electron chi connectivity index (χ4n) is 2.27. The first kappa shape index (κ1) is 14.2. The monoisotopic (exact) mass is 239 g/mol. The second kappa shape index (κ2) is 8.29. The van der Waals surface area contributed by atoms with Crippen molar-refractivity contribution in [1.82, 2.24) is 5.32 Å². The predicted octanol–water partition coefficient (Wildman–Crippen LogP) is 2.66. The van der Waals surface area contributed by atoms with Crippen LogP contribution in [-0.2, 0) is 9.53 Å². The molecule has 0 saturated heterocycles. The van der Waals surface area contributed by atoms with Crippen LogP contribution in [-0.4, -0.2) is 25.2 Å². The maximum absolute atomic E-state index is 11.1. The Kier molecular flexibility index (Phi) is 6.94. The molecule has 0 heterocycles. The summed E-state index contributed by atoms with van der Waals surface area (Å²) < 4.78 is 4.81. The molecular formula is C14H25NO2. The first-order chi connectivity index (χ1) is 8.22. The van der Waals surface area contributed by atoms with E-state index in [2.05, 4.69) is 12.2 Å². The second-order valence-electron chi connectivity index (χ2n) is 4.87. The van der Waals surface area contributed by atoms with Gasteiger partial charge >= 0.3 is 5.97 Å². The van der Waals surface area contributed by atoms with E-state index in [-0.39, 0.29) is 5.97 Å². The summed E-state index contributed by atoms with van der Waals surface area (Å²) in [6.45, 7) is 5.36. The maximum atomic E-state index is 11.1. The van der Waals surface area contributed by atoms with Gasteiger partial charge in [0.05, 0.1) is 6.61 Å². The Morgan fingerprint density at radius 2 is 2.18 bits per heavy atom. The van der Waals surface area contributed by atoms with E-state index in [4.69, 9.17) is 4.74 Å². The lowest BCUT2D eigenvalue weighted by Crippen LogP contribution is -2.28. The second-order valence-corrected chi connectivity index (χ2v) is 4.87. The Balaban J connectivity index is 2.15. The van der Waals surface area contributed by atoms with Gasteiger partial charge in [-0.25, -0.2) is 4.79 Å². The van der Waals surface area contributed by atoms with E-state index in [0.717, 1.165) is 12.5 Å². The molecule has 0 amide bonds. The van der Waals surface area contributed by atoms with Crippen LogP contribution in [0.2, 0.25) is 0 Å². The van der Waals surface area contributed by atoms with Gasteiger partial charge in [0.2, 0.25) is 0 Å². The summed E-state index contributed by atoms with van der Waals surface area (Å²) in [5.74, 6) is 0.626. The fraction of sp³-hybridized carbons (Fsp3) is 0.786. The van der Waals surface area contributed by atoms with Crippen LogP contribution in [0.4, 0.5) is 0 Å². The zero-order chi connectivity index (χ0) is 12.5. The molecule has 2 unspecified atom stereocenters. The van der Waals surface area contributed by atoms with Gasteiger partial charge in [-0.1, -0.05) is 25.8 Å². The lowest BCUT2D eigenvalue weighted by Gasteiger charge is -2.14. The summed E-state index contributed by atoms with van der Waals surface area (Å²) in [5, 5.41) is 3.49. The molecule has 0 bridgehead atoms. The van der Waals surface area contributed by atoms with Gasteiger partial charge in [-0.2, -0.15) is 0 Å². The van der Waals surface area contributed by atoms with Crippen molar-refractivity contribution in [2.45, 2.75) is 52.0 Å². The highest BCUT2D eigenvalue weighted by Gasteiger charge is 2.14. The van der Waals surface area contributed by atoms with Crippen LogP contribution >= 0.6 is 0 Å². The Hall–Kier alpha value is -0.830. The third kappa shape index (κ3) is 6.47. The first-order valence-electron chi connectivity index (χ1n) is 6.79. The van der Waals surface area contributed by atoms with Crippen molar-refractivity contribution < 1.29 is 9.53 Å². The molecule has 0 radical (unpaired) electrons. The molecule has 3 nitrogen and oxygen atoms in total. The largest absolute Gasteiger partial charge is 0.463 e. The number of hydrogen-bond donors (Lipinski definition) is 1. The smallest absolute Gasteiger partial charge is 0.330 e. The molecule has 0 spiro atoms. The average Bonchev–Trinajstić information content (AvgIpc) is 2.50. The quantitative estimate of drug-likeness (QED) is 0.455. The molecule has 0 aromatic heterocycles. The van der Waals surface area contributed by atoms with Gasteiger partial charge < -0.3 is 10.1 Å². The highest BCUT2D eigenvalue weighted by Crippen LogP contribution is 2.22. The Morgan fingerprint density at radius 3 is 2.94 bits per heavy atom. The molecule has 0 aliphatic heterocycles. The lowest BCUT2D eigenvalue weighted by atomic mass is 10.0. The molecule has 0 aromatic carbocycles. The molecule has 1 fully saturated rings. The SMILES string of the molecule is CCOC(=O)/C=C/CNC1CCCC(C)CC1. The number of ether oxygens (including phenoxy) is 1. The standard InChI is InChI=1S/C14H25NO2/c1-3-17-14(16)8-5-11-15-13-7-4-6-12(2)9-10-13/h5,8,12-13,15H,3-4,6-7,9-11H2,1-2H3/b8-5+. The molecule has 3 heteroatoms. The summed E-state index contributed by atoms with van der Waals surface area (Å²) >= 11 is 0. The molecule has 1 N–H and O–H groups in total. The van der Waals surface area contributed by atoms with E-state index in [1.807, 2.05) is 13.0 Å². The zero-order valence-corrected chi connectivity index (χ0v) is 11.1. The number of carbonyl (C=O) groups excluding carboxylic acids is 1. The number of nitrogens with one attached hydrogen (secondary N) is 1. The minimum atomic E-state index is -0.246. The molecule has 1 saturated carbocycles. The van der Waals surface area contributed by atoms with Crippen LogP contribution < -0.4 is 5.32 Å². The van der Waals surface area contributed by atoms with E-state index >= 15 is 0 Å². The van der Waals surface area contributed by atoms with Gasteiger partial charge in [0, 0.05) is 18.7 Å². The van der Waals surface area contributed by atoms with Crippen LogP contribution in [0.5, 0.6) is 0 Å². The average molecular weight is 239 g/mol. The van der Waals surface area contributed by atoms with E-state index in [1.54, 1.807) is 0 Å².